The standard InChI is InChI=1S/C8H8O3/c1-11-8(10)6-2-4-7(9)5-3-6/h2-5,9H,1H3/i2D,4D. The van der Waals surface area contributed by atoms with Crippen LogP contribution in [-0.4, -0.2) is 18.2 Å². The van der Waals surface area contributed by atoms with Gasteiger partial charge in [-0.3, -0.25) is 0 Å². The van der Waals surface area contributed by atoms with Crippen LogP contribution in [0.2, 0.25) is 0 Å². The minimum Gasteiger partial charge on any atom is -0.508 e. The van der Waals surface area contributed by atoms with Crippen molar-refractivity contribution in [1.82, 2.24) is 0 Å². The van der Waals surface area contributed by atoms with Crippen LogP contribution in [-0.2, 0) is 4.74 Å². The van der Waals surface area contributed by atoms with Gasteiger partial charge in [-0.25, -0.2) is 4.79 Å². The van der Waals surface area contributed by atoms with E-state index in [0.717, 1.165) is 0 Å². The van der Waals surface area contributed by atoms with Crippen molar-refractivity contribution < 1.29 is 17.4 Å². The number of methoxy groups -OCH3 is 1. The smallest absolute Gasteiger partial charge is 0.337 e. The fourth-order valence-corrected chi connectivity index (χ4v) is 0.606. The van der Waals surface area contributed by atoms with Crippen molar-refractivity contribution in [2.45, 2.75) is 0 Å². The zero-order chi connectivity index (χ0) is 10.0. The highest BCUT2D eigenvalue weighted by molar-refractivity contribution is 5.89. The van der Waals surface area contributed by atoms with Crippen LogP contribution in [0.15, 0.2) is 24.2 Å². The second kappa shape index (κ2) is 3.05. The zero-order valence-electron chi connectivity index (χ0n) is 7.92. The van der Waals surface area contributed by atoms with E-state index in [9.17, 15) is 4.79 Å². The van der Waals surface area contributed by atoms with Crippen LogP contribution < -0.4 is 0 Å². The molecule has 0 spiro atoms. The summed E-state index contributed by atoms with van der Waals surface area (Å²) >= 11 is 0. The predicted octanol–water partition coefficient (Wildman–Crippen LogP) is 1.18. The van der Waals surface area contributed by atoms with E-state index in [1.807, 2.05) is 0 Å². The molecular weight excluding hydrogens is 144 g/mol. The van der Waals surface area contributed by atoms with Crippen molar-refractivity contribution >= 4 is 5.97 Å². The molecule has 1 aromatic rings. The molecule has 0 radical (unpaired) electrons. The van der Waals surface area contributed by atoms with E-state index in [1.54, 1.807) is 0 Å². The fourth-order valence-electron chi connectivity index (χ4n) is 0.606. The Morgan fingerprint density at radius 3 is 3.00 bits per heavy atom. The highest BCUT2D eigenvalue weighted by atomic mass is 16.5. The topological polar surface area (TPSA) is 46.5 Å². The highest BCUT2D eigenvalue weighted by Crippen LogP contribution is 2.09. The first-order valence-corrected chi connectivity index (χ1v) is 2.95. The van der Waals surface area contributed by atoms with Crippen molar-refractivity contribution in [2.24, 2.45) is 0 Å². The minimum atomic E-state index is -0.682. The number of esters is 1. The lowest BCUT2D eigenvalue weighted by Gasteiger charge is -1.97. The quantitative estimate of drug-likeness (QED) is 0.618. The van der Waals surface area contributed by atoms with Gasteiger partial charge in [0, 0.05) is 0 Å². The average Bonchev–Trinajstić information content (AvgIpc) is 2.13. The lowest BCUT2D eigenvalue weighted by atomic mass is 10.2. The van der Waals surface area contributed by atoms with Crippen molar-refractivity contribution in [3.63, 3.8) is 0 Å². The molecule has 0 fully saturated rings. The van der Waals surface area contributed by atoms with Gasteiger partial charge in [0.25, 0.3) is 0 Å². The van der Waals surface area contributed by atoms with Gasteiger partial charge in [-0.15, -0.1) is 0 Å². The van der Waals surface area contributed by atoms with Gasteiger partial charge >= 0.3 is 5.97 Å². The SMILES string of the molecule is [2H]c1c(O)ccc(C(=O)OC)c1[2H]. The minimum absolute atomic E-state index is 0.0229. The molecule has 0 unspecified atom stereocenters. The molecule has 3 nitrogen and oxygen atoms in total. The normalized spacial score (nSPS) is 11.7. The molecule has 0 heterocycles. The molecule has 58 valence electrons. The van der Waals surface area contributed by atoms with Crippen LogP contribution in [0, 0.1) is 0 Å². The van der Waals surface area contributed by atoms with E-state index in [4.69, 9.17) is 7.85 Å². The van der Waals surface area contributed by atoms with E-state index in [-0.39, 0.29) is 23.4 Å². The Morgan fingerprint density at radius 1 is 1.64 bits per heavy atom. The predicted molar refractivity (Wildman–Crippen MR) is 39.4 cm³/mol. The number of phenolic OH excluding ortho intramolecular Hbond substituents is 1. The first-order valence-electron chi connectivity index (χ1n) is 3.95. The first kappa shape index (κ1) is 5.18. The number of phenols is 1. The third-order valence-electron chi connectivity index (χ3n) is 1.14. The summed E-state index contributed by atoms with van der Waals surface area (Å²) in [6, 6.07) is 1.74. The Labute approximate surface area is 67.0 Å². The van der Waals surface area contributed by atoms with Crippen LogP contribution in [0.3, 0.4) is 0 Å². The third-order valence-corrected chi connectivity index (χ3v) is 1.14. The monoisotopic (exact) mass is 154 g/mol. The molecule has 0 atom stereocenters. The summed E-state index contributed by atoms with van der Waals surface area (Å²) in [6.45, 7) is 0. The van der Waals surface area contributed by atoms with Crippen molar-refractivity contribution in [3.05, 3.63) is 29.8 Å². The maximum Gasteiger partial charge on any atom is 0.337 e. The maximum atomic E-state index is 11.0. The number of hydrogen-bond acceptors (Lipinski definition) is 3. The number of carbonyl (C=O) groups is 1. The Balaban J connectivity index is 3.26. The summed E-state index contributed by atoms with van der Waals surface area (Å²) in [5, 5.41) is 9.02. The Bertz CT molecular complexity index is 349. The second-order valence-electron chi connectivity index (χ2n) is 1.87. The second-order valence-corrected chi connectivity index (χ2v) is 1.87. The first-order chi connectivity index (χ1) is 6.07. The van der Waals surface area contributed by atoms with E-state index in [0.29, 0.717) is 0 Å². The van der Waals surface area contributed by atoms with E-state index in [1.165, 1.54) is 19.2 Å². The van der Waals surface area contributed by atoms with Crippen molar-refractivity contribution in [1.29, 1.82) is 0 Å². The molecule has 0 aromatic heterocycles. The summed E-state index contributed by atoms with van der Waals surface area (Å²) < 4.78 is 18.9. The van der Waals surface area contributed by atoms with Crippen LogP contribution in [0.4, 0.5) is 0 Å². The Kier molecular flexibility index (Phi) is 1.44. The van der Waals surface area contributed by atoms with Gasteiger partial charge in [-0.05, 0) is 24.2 Å². The largest absolute Gasteiger partial charge is 0.508 e. The summed E-state index contributed by atoms with van der Waals surface area (Å²) in [5.41, 5.74) is -0.0229. The molecule has 0 aliphatic carbocycles. The molecule has 3 heteroatoms. The molecular formula is C8H8O3. The number of ether oxygens (including phenoxy) is 1. The fraction of sp³-hybridized carbons (Fsp3) is 0.125. The molecule has 0 saturated heterocycles. The highest BCUT2D eigenvalue weighted by Gasteiger charge is 2.02. The molecule has 0 aliphatic rings. The van der Waals surface area contributed by atoms with Crippen LogP contribution in [0.5, 0.6) is 5.75 Å². The van der Waals surface area contributed by atoms with Gasteiger partial charge < -0.3 is 9.84 Å². The van der Waals surface area contributed by atoms with Crippen LogP contribution >= 0.6 is 0 Å². The lowest BCUT2D eigenvalue weighted by molar-refractivity contribution is 0.0601. The van der Waals surface area contributed by atoms with E-state index < -0.39 is 5.97 Å². The van der Waals surface area contributed by atoms with E-state index in [2.05, 4.69) is 4.74 Å². The Hall–Kier alpha value is -1.51. The van der Waals surface area contributed by atoms with Gasteiger partial charge in [0.15, 0.2) is 0 Å². The van der Waals surface area contributed by atoms with Gasteiger partial charge in [-0.1, -0.05) is 0 Å². The number of aromatic hydroxyl groups is 1. The summed E-state index contributed by atoms with van der Waals surface area (Å²) in [6.07, 6.45) is 0. The number of carbonyl (C=O) groups excluding carboxylic acids is 1. The van der Waals surface area contributed by atoms with Crippen LogP contribution in [0.1, 0.15) is 13.1 Å². The van der Waals surface area contributed by atoms with Gasteiger partial charge in [0.2, 0.25) is 0 Å². The molecule has 0 amide bonds. The number of benzene rings is 1. The lowest BCUT2D eigenvalue weighted by Crippen LogP contribution is -1.99. The number of hydrogen-bond donors (Lipinski definition) is 1. The molecule has 0 aliphatic heterocycles. The zero-order valence-corrected chi connectivity index (χ0v) is 5.92. The Morgan fingerprint density at radius 2 is 2.36 bits per heavy atom. The summed E-state index contributed by atoms with van der Waals surface area (Å²) in [7, 11) is 1.19. The molecule has 0 bridgehead atoms. The molecule has 1 aromatic carbocycles. The summed E-state index contributed by atoms with van der Waals surface area (Å²) in [4.78, 5) is 11.0. The van der Waals surface area contributed by atoms with Gasteiger partial charge in [0.1, 0.15) is 5.75 Å². The molecule has 1 rings (SSSR count). The molecule has 11 heavy (non-hydrogen) atoms. The van der Waals surface area contributed by atoms with Crippen molar-refractivity contribution in [2.75, 3.05) is 7.11 Å². The average molecular weight is 154 g/mol. The molecule has 1 N–H and O–H groups in total. The van der Waals surface area contributed by atoms with Crippen LogP contribution in [0.25, 0.3) is 0 Å². The van der Waals surface area contributed by atoms with Crippen molar-refractivity contribution in [3.8, 4) is 5.75 Å². The maximum absolute atomic E-state index is 11.0. The van der Waals surface area contributed by atoms with E-state index >= 15 is 0 Å². The van der Waals surface area contributed by atoms with Gasteiger partial charge in [-0.2, -0.15) is 0 Å². The van der Waals surface area contributed by atoms with Gasteiger partial charge in [0.05, 0.1) is 15.4 Å². The molecule has 0 saturated carbocycles. The third kappa shape index (κ3) is 1.70. The summed E-state index contributed by atoms with van der Waals surface area (Å²) in [5.74, 6) is -1.00. The number of rotatable bonds is 1.